The summed E-state index contributed by atoms with van der Waals surface area (Å²) < 4.78 is 10.5. The molecule has 0 aliphatic heterocycles. The number of benzene rings is 2. The highest BCUT2D eigenvalue weighted by molar-refractivity contribution is 6.32. The van der Waals surface area contributed by atoms with Crippen LogP contribution in [0.25, 0.3) is 0 Å². The van der Waals surface area contributed by atoms with E-state index in [1.807, 2.05) is 24.3 Å². The number of halogens is 1. The number of non-ortho nitro benzene ring substituents is 1. The number of para-hydroxylation sites is 1. The van der Waals surface area contributed by atoms with E-state index in [1.54, 1.807) is 7.11 Å². The SMILES string of the molecule is COc1ccccc1CCNC(=O)COc1ccc([N+](=O)[O-])cc1Cl. The van der Waals surface area contributed by atoms with Crippen LogP contribution >= 0.6 is 11.6 Å². The van der Waals surface area contributed by atoms with Crippen molar-refractivity contribution in [3.05, 3.63) is 63.2 Å². The largest absolute Gasteiger partial charge is 0.496 e. The van der Waals surface area contributed by atoms with Gasteiger partial charge in [0, 0.05) is 18.7 Å². The first kappa shape index (κ1) is 18.5. The highest BCUT2D eigenvalue weighted by Gasteiger charge is 2.11. The van der Waals surface area contributed by atoms with Crippen molar-refractivity contribution in [3.63, 3.8) is 0 Å². The second kappa shape index (κ2) is 8.89. The lowest BCUT2D eigenvalue weighted by molar-refractivity contribution is -0.384. The maximum absolute atomic E-state index is 11.8. The maximum atomic E-state index is 11.8. The van der Waals surface area contributed by atoms with Crippen molar-refractivity contribution < 1.29 is 19.2 Å². The average molecular weight is 365 g/mol. The van der Waals surface area contributed by atoms with E-state index in [9.17, 15) is 14.9 Å². The molecule has 0 bridgehead atoms. The van der Waals surface area contributed by atoms with Gasteiger partial charge in [0.15, 0.2) is 6.61 Å². The number of nitrogens with one attached hydrogen (secondary N) is 1. The lowest BCUT2D eigenvalue weighted by atomic mass is 10.1. The Bertz CT molecular complexity index is 766. The molecule has 132 valence electrons. The Balaban J connectivity index is 1.80. The molecule has 2 rings (SSSR count). The van der Waals surface area contributed by atoms with Crippen LogP contribution in [0.15, 0.2) is 42.5 Å². The second-order valence-electron chi connectivity index (χ2n) is 5.07. The first-order chi connectivity index (χ1) is 12.0. The van der Waals surface area contributed by atoms with Crippen LogP contribution in [0.1, 0.15) is 5.56 Å². The van der Waals surface area contributed by atoms with E-state index in [2.05, 4.69) is 5.32 Å². The Hall–Kier alpha value is -2.80. The van der Waals surface area contributed by atoms with Gasteiger partial charge in [0.05, 0.1) is 17.1 Å². The molecule has 2 aromatic carbocycles. The summed E-state index contributed by atoms with van der Waals surface area (Å²) in [6, 6.07) is 11.4. The molecule has 0 radical (unpaired) electrons. The minimum atomic E-state index is -0.555. The van der Waals surface area contributed by atoms with Crippen molar-refractivity contribution in [2.24, 2.45) is 0 Å². The molecule has 7 nitrogen and oxygen atoms in total. The fraction of sp³-hybridized carbons (Fsp3) is 0.235. The quantitative estimate of drug-likeness (QED) is 0.574. The zero-order valence-electron chi connectivity index (χ0n) is 13.5. The summed E-state index contributed by atoms with van der Waals surface area (Å²) in [6.45, 7) is 0.194. The average Bonchev–Trinajstić information content (AvgIpc) is 2.61. The minimum absolute atomic E-state index is 0.0796. The predicted molar refractivity (Wildman–Crippen MR) is 93.3 cm³/mol. The molecule has 0 aliphatic rings. The number of hydrogen-bond donors (Lipinski definition) is 1. The summed E-state index contributed by atoms with van der Waals surface area (Å²) in [5.41, 5.74) is 0.850. The van der Waals surface area contributed by atoms with Crippen LogP contribution in [0.3, 0.4) is 0 Å². The number of hydrogen-bond acceptors (Lipinski definition) is 5. The molecule has 0 atom stereocenters. The van der Waals surface area contributed by atoms with Crippen molar-refractivity contribution in [3.8, 4) is 11.5 Å². The smallest absolute Gasteiger partial charge is 0.271 e. The lowest BCUT2D eigenvalue weighted by Crippen LogP contribution is -2.30. The zero-order chi connectivity index (χ0) is 18.2. The van der Waals surface area contributed by atoms with Crippen LogP contribution in [0.4, 0.5) is 5.69 Å². The molecule has 0 unspecified atom stereocenters. The van der Waals surface area contributed by atoms with Gasteiger partial charge in [-0.15, -0.1) is 0 Å². The molecule has 1 N–H and O–H groups in total. The van der Waals surface area contributed by atoms with E-state index in [0.717, 1.165) is 11.3 Å². The van der Waals surface area contributed by atoms with Gasteiger partial charge < -0.3 is 14.8 Å². The molecule has 0 aromatic heterocycles. The Morgan fingerprint density at radius 1 is 1.24 bits per heavy atom. The number of carbonyl (C=O) groups excluding carboxylic acids is 1. The van der Waals surface area contributed by atoms with Crippen LogP contribution in [-0.2, 0) is 11.2 Å². The van der Waals surface area contributed by atoms with E-state index in [-0.39, 0.29) is 29.0 Å². The monoisotopic (exact) mass is 364 g/mol. The molecular weight excluding hydrogens is 348 g/mol. The molecule has 0 heterocycles. The third-order valence-electron chi connectivity index (χ3n) is 3.39. The molecule has 1 amide bonds. The summed E-state index contributed by atoms with van der Waals surface area (Å²) in [5, 5.41) is 13.5. The van der Waals surface area contributed by atoms with Gasteiger partial charge in [0.25, 0.3) is 11.6 Å². The number of nitrogens with zero attached hydrogens (tertiary/aromatic N) is 1. The summed E-state index contributed by atoms with van der Waals surface area (Å²) >= 11 is 5.90. The topological polar surface area (TPSA) is 90.7 Å². The molecule has 25 heavy (non-hydrogen) atoms. The van der Waals surface area contributed by atoms with Crippen LogP contribution in [0.2, 0.25) is 5.02 Å². The minimum Gasteiger partial charge on any atom is -0.496 e. The predicted octanol–water partition coefficient (Wildman–Crippen LogP) is 2.99. The van der Waals surface area contributed by atoms with Crippen molar-refractivity contribution in [2.75, 3.05) is 20.3 Å². The Morgan fingerprint density at radius 3 is 2.68 bits per heavy atom. The van der Waals surface area contributed by atoms with Gasteiger partial charge in [-0.05, 0) is 24.1 Å². The van der Waals surface area contributed by atoms with E-state index < -0.39 is 4.92 Å². The number of amides is 1. The van der Waals surface area contributed by atoms with Crippen molar-refractivity contribution in [1.29, 1.82) is 0 Å². The number of methoxy groups -OCH3 is 1. The van der Waals surface area contributed by atoms with Gasteiger partial charge in [-0.3, -0.25) is 14.9 Å². The molecule has 0 spiro atoms. The van der Waals surface area contributed by atoms with Crippen LogP contribution in [0.5, 0.6) is 11.5 Å². The van der Waals surface area contributed by atoms with E-state index in [1.165, 1.54) is 18.2 Å². The van der Waals surface area contributed by atoms with Gasteiger partial charge in [0.2, 0.25) is 0 Å². The first-order valence-corrected chi connectivity index (χ1v) is 7.84. The van der Waals surface area contributed by atoms with E-state index in [0.29, 0.717) is 13.0 Å². The van der Waals surface area contributed by atoms with Crippen molar-refractivity contribution in [2.45, 2.75) is 6.42 Å². The highest BCUT2D eigenvalue weighted by Crippen LogP contribution is 2.28. The Morgan fingerprint density at radius 2 is 2.00 bits per heavy atom. The number of ether oxygens (including phenoxy) is 2. The van der Waals surface area contributed by atoms with E-state index in [4.69, 9.17) is 21.1 Å². The zero-order valence-corrected chi connectivity index (χ0v) is 14.3. The fourth-order valence-corrected chi connectivity index (χ4v) is 2.39. The molecule has 0 saturated carbocycles. The lowest BCUT2D eigenvalue weighted by Gasteiger charge is -2.10. The summed E-state index contributed by atoms with van der Waals surface area (Å²) in [4.78, 5) is 21.9. The molecule has 0 fully saturated rings. The second-order valence-corrected chi connectivity index (χ2v) is 5.48. The molecule has 2 aromatic rings. The Labute approximate surface area is 149 Å². The van der Waals surface area contributed by atoms with Gasteiger partial charge in [-0.25, -0.2) is 0 Å². The number of nitro groups is 1. The summed E-state index contributed by atoms with van der Waals surface area (Å²) in [7, 11) is 1.60. The van der Waals surface area contributed by atoms with E-state index >= 15 is 0 Å². The first-order valence-electron chi connectivity index (χ1n) is 7.46. The molecular formula is C17H17ClN2O5. The third kappa shape index (κ3) is 5.36. The van der Waals surface area contributed by atoms with Crippen molar-refractivity contribution in [1.82, 2.24) is 5.32 Å². The summed E-state index contributed by atoms with van der Waals surface area (Å²) in [5.74, 6) is 0.669. The number of nitro benzene ring substituents is 1. The van der Waals surface area contributed by atoms with Crippen LogP contribution in [-0.4, -0.2) is 31.1 Å². The summed E-state index contributed by atoms with van der Waals surface area (Å²) in [6.07, 6.45) is 0.619. The number of rotatable bonds is 8. The van der Waals surface area contributed by atoms with Crippen LogP contribution < -0.4 is 14.8 Å². The van der Waals surface area contributed by atoms with Crippen LogP contribution in [0, 0.1) is 10.1 Å². The number of carbonyl (C=O) groups is 1. The Kier molecular flexibility index (Phi) is 6.59. The van der Waals surface area contributed by atoms with Gasteiger partial charge in [0.1, 0.15) is 11.5 Å². The van der Waals surface area contributed by atoms with Gasteiger partial charge in [-0.2, -0.15) is 0 Å². The van der Waals surface area contributed by atoms with Gasteiger partial charge >= 0.3 is 0 Å². The molecule has 0 saturated heterocycles. The highest BCUT2D eigenvalue weighted by atomic mass is 35.5. The molecule has 8 heteroatoms. The van der Waals surface area contributed by atoms with Gasteiger partial charge in [-0.1, -0.05) is 29.8 Å². The normalized spacial score (nSPS) is 10.2. The fourth-order valence-electron chi connectivity index (χ4n) is 2.16. The molecule has 0 aliphatic carbocycles. The maximum Gasteiger partial charge on any atom is 0.271 e. The van der Waals surface area contributed by atoms with Crippen molar-refractivity contribution >= 4 is 23.2 Å². The standard InChI is InChI=1S/C17H17ClN2O5/c1-24-15-5-3-2-4-12(15)8-9-19-17(21)11-25-16-7-6-13(20(22)23)10-14(16)18/h2-7,10H,8-9,11H2,1H3,(H,19,21). The third-order valence-corrected chi connectivity index (χ3v) is 3.69.